The summed E-state index contributed by atoms with van der Waals surface area (Å²) in [7, 11) is 1.35. The highest BCUT2D eigenvalue weighted by molar-refractivity contribution is 5.65. The second kappa shape index (κ2) is 14.7. The van der Waals surface area contributed by atoms with Gasteiger partial charge >= 0.3 is 5.97 Å². The van der Waals surface area contributed by atoms with Crippen LogP contribution in [0.15, 0.2) is 30.3 Å². The molecule has 1 aromatic carbocycles. The zero-order chi connectivity index (χ0) is 13.5. The summed E-state index contributed by atoms with van der Waals surface area (Å²) in [5, 5.41) is 0. The molecule has 0 aromatic heterocycles. The number of rotatable bonds is 2. The van der Waals surface area contributed by atoms with Crippen molar-refractivity contribution in [2.75, 3.05) is 7.11 Å². The Morgan fingerprint density at radius 2 is 1.53 bits per heavy atom. The molecular weight excluding hydrogens is 212 g/mol. The summed E-state index contributed by atoms with van der Waals surface area (Å²) in [4.78, 5) is 9.59. The average molecular weight is 238 g/mol. The van der Waals surface area contributed by atoms with Gasteiger partial charge in [0.2, 0.25) is 0 Å². The molecule has 0 radical (unpaired) electrons. The van der Waals surface area contributed by atoms with Gasteiger partial charge in [0, 0.05) is 6.92 Å². The molecule has 0 aliphatic carbocycles. The van der Waals surface area contributed by atoms with Crippen molar-refractivity contribution in [3.63, 3.8) is 0 Å². The van der Waals surface area contributed by atoms with Gasteiger partial charge in [-0.05, 0) is 6.92 Å². The maximum atomic E-state index is 9.59. The van der Waals surface area contributed by atoms with Crippen LogP contribution in [0.5, 0.6) is 0 Å². The second-order valence-electron chi connectivity index (χ2n) is 3.70. The van der Waals surface area contributed by atoms with Crippen LogP contribution in [-0.2, 0) is 9.53 Å². The maximum absolute atomic E-state index is 9.59. The third-order valence-electron chi connectivity index (χ3n) is 1.94. The van der Waals surface area contributed by atoms with E-state index in [1.165, 1.54) is 38.9 Å². The van der Waals surface area contributed by atoms with Crippen LogP contribution < -0.4 is 0 Å². The number of aryl methyl sites for hydroxylation is 1. The summed E-state index contributed by atoms with van der Waals surface area (Å²) >= 11 is 0. The fourth-order valence-corrected chi connectivity index (χ4v) is 0.888. The van der Waals surface area contributed by atoms with Crippen molar-refractivity contribution in [1.29, 1.82) is 0 Å². The summed E-state index contributed by atoms with van der Waals surface area (Å²) in [6, 6.07) is 10.3. The van der Waals surface area contributed by atoms with Gasteiger partial charge in [0.1, 0.15) is 0 Å². The van der Waals surface area contributed by atoms with Crippen molar-refractivity contribution in [1.82, 2.24) is 0 Å². The zero-order valence-corrected chi connectivity index (χ0v) is 11.8. The molecule has 0 unspecified atom stereocenters. The number of hydrogen-bond donors (Lipinski definition) is 0. The van der Waals surface area contributed by atoms with Crippen molar-refractivity contribution in [3.05, 3.63) is 35.9 Å². The largest absolute Gasteiger partial charge is 0.469 e. The van der Waals surface area contributed by atoms with Gasteiger partial charge in [-0.3, -0.25) is 4.79 Å². The number of ether oxygens (including phenoxy) is 1. The van der Waals surface area contributed by atoms with E-state index in [0.717, 1.165) is 0 Å². The van der Waals surface area contributed by atoms with E-state index >= 15 is 0 Å². The molecule has 0 amide bonds. The summed E-state index contributed by atoms with van der Waals surface area (Å²) in [6.07, 6.45) is 4.08. The topological polar surface area (TPSA) is 26.3 Å². The Morgan fingerprint density at radius 3 is 1.65 bits per heavy atom. The third-order valence-corrected chi connectivity index (χ3v) is 1.94. The fourth-order valence-electron chi connectivity index (χ4n) is 0.888. The molecule has 0 bridgehead atoms. The molecule has 0 fully saturated rings. The minimum absolute atomic E-state index is 0.245. The second-order valence-corrected chi connectivity index (χ2v) is 3.70. The lowest BCUT2D eigenvalue weighted by Crippen LogP contribution is -1.88. The SMILES string of the molecule is CCCCC.COC(C)=O.Cc1ccccc1. The molecule has 0 aliphatic heterocycles. The number of carbonyl (C=O) groups excluding carboxylic acids is 1. The molecule has 2 heteroatoms. The van der Waals surface area contributed by atoms with Gasteiger partial charge in [-0.15, -0.1) is 0 Å². The van der Waals surface area contributed by atoms with Crippen molar-refractivity contribution in [2.45, 2.75) is 47.0 Å². The van der Waals surface area contributed by atoms with Crippen LogP contribution in [0.1, 0.15) is 45.6 Å². The molecule has 0 atom stereocenters. The molecule has 17 heavy (non-hydrogen) atoms. The number of unbranched alkanes of at least 4 members (excludes halogenated alkanes) is 2. The Kier molecular flexibility index (Phi) is 15.6. The molecular formula is C15H26O2. The third kappa shape index (κ3) is 20.7. The maximum Gasteiger partial charge on any atom is 0.302 e. The summed E-state index contributed by atoms with van der Waals surface area (Å²) in [5.74, 6) is -0.245. The highest BCUT2D eigenvalue weighted by Crippen LogP contribution is 1.92. The Morgan fingerprint density at radius 1 is 1.12 bits per heavy atom. The van der Waals surface area contributed by atoms with E-state index in [1.807, 2.05) is 18.2 Å². The minimum Gasteiger partial charge on any atom is -0.469 e. The molecule has 0 spiro atoms. The summed E-state index contributed by atoms with van der Waals surface area (Å²) in [6.45, 7) is 7.87. The van der Waals surface area contributed by atoms with Crippen LogP contribution in [0.2, 0.25) is 0 Å². The van der Waals surface area contributed by atoms with E-state index in [-0.39, 0.29) is 5.97 Å². The Labute approximate surface area is 106 Å². The molecule has 0 saturated carbocycles. The van der Waals surface area contributed by atoms with Gasteiger partial charge in [-0.2, -0.15) is 0 Å². The van der Waals surface area contributed by atoms with E-state index in [9.17, 15) is 4.79 Å². The Balaban J connectivity index is 0. The van der Waals surface area contributed by atoms with Gasteiger partial charge in [0.15, 0.2) is 0 Å². The van der Waals surface area contributed by atoms with Gasteiger partial charge in [-0.1, -0.05) is 69.0 Å². The number of hydrogen-bond acceptors (Lipinski definition) is 2. The first-order valence-electron chi connectivity index (χ1n) is 6.14. The molecule has 1 aromatic rings. The first-order chi connectivity index (χ1) is 8.08. The van der Waals surface area contributed by atoms with E-state index in [0.29, 0.717) is 0 Å². The van der Waals surface area contributed by atoms with E-state index < -0.39 is 0 Å². The van der Waals surface area contributed by atoms with Crippen LogP contribution >= 0.6 is 0 Å². The number of benzene rings is 1. The number of methoxy groups -OCH3 is 1. The number of esters is 1. The molecule has 2 nitrogen and oxygen atoms in total. The van der Waals surface area contributed by atoms with Crippen molar-refractivity contribution < 1.29 is 9.53 Å². The predicted molar refractivity (Wildman–Crippen MR) is 74.1 cm³/mol. The van der Waals surface area contributed by atoms with E-state index in [2.05, 4.69) is 37.6 Å². The molecule has 0 heterocycles. The molecule has 0 aliphatic rings. The smallest absolute Gasteiger partial charge is 0.302 e. The van der Waals surface area contributed by atoms with Gasteiger partial charge in [0.25, 0.3) is 0 Å². The summed E-state index contributed by atoms with van der Waals surface area (Å²) in [5.41, 5.74) is 1.32. The quantitative estimate of drug-likeness (QED) is 0.715. The zero-order valence-electron chi connectivity index (χ0n) is 11.8. The van der Waals surface area contributed by atoms with E-state index in [1.54, 1.807) is 0 Å². The normalized spacial score (nSPS) is 8.06. The van der Waals surface area contributed by atoms with Crippen molar-refractivity contribution in [2.24, 2.45) is 0 Å². The van der Waals surface area contributed by atoms with Crippen LogP contribution in [0.4, 0.5) is 0 Å². The fraction of sp³-hybridized carbons (Fsp3) is 0.533. The monoisotopic (exact) mass is 238 g/mol. The average Bonchev–Trinajstić information content (AvgIpc) is 2.32. The van der Waals surface area contributed by atoms with Crippen LogP contribution in [0, 0.1) is 6.92 Å². The first-order valence-corrected chi connectivity index (χ1v) is 6.14. The van der Waals surface area contributed by atoms with Crippen LogP contribution in [0.25, 0.3) is 0 Å². The summed E-state index contributed by atoms with van der Waals surface area (Å²) < 4.78 is 4.11. The molecule has 0 saturated heterocycles. The van der Waals surface area contributed by atoms with Crippen LogP contribution in [0.3, 0.4) is 0 Å². The minimum atomic E-state index is -0.245. The van der Waals surface area contributed by atoms with Gasteiger partial charge in [0.05, 0.1) is 7.11 Å². The number of carbonyl (C=O) groups is 1. The molecule has 98 valence electrons. The van der Waals surface area contributed by atoms with E-state index in [4.69, 9.17) is 0 Å². The first kappa shape index (κ1) is 18.1. The lowest BCUT2D eigenvalue weighted by molar-refractivity contribution is -0.137. The highest BCUT2D eigenvalue weighted by Gasteiger charge is 1.75. The van der Waals surface area contributed by atoms with Crippen molar-refractivity contribution in [3.8, 4) is 0 Å². The van der Waals surface area contributed by atoms with Crippen molar-refractivity contribution >= 4 is 5.97 Å². The van der Waals surface area contributed by atoms with Gasteiger partial charge < -0.3 is 4.74 Å². The van der Waals surface area contributed by atoms with Gasteiger partial charge in [-0.25, -0.2) is 0 Å². The Hall–Kier alpha value is -1.31. The standard InChI is InChI=1S/C7H8.C5H12.C3H6O2/c1-7-5-3-2-4-6-7;1-3-5-4-2;1-3(4)5-2/h2-6H,1H3;3-5H2,1-2H3;1-2H3. The lowest BCUT2D eigenvalue weighted by atomic mass is 10.2. The Bertz CT molecular complexity index is 253. The highest BCUT2D eigenvalue weighted by atomic mass is 16.5. The molecule has 0 N–H and O–H groups in total. The molecule has 1 rings (SSSR count). The predicted octanol–water partition coefficient (Wildman–Crippen LogP) is 4.37. The van der Waals surface area contributed by atoms with Crippen LogP contribution in [-0.4, -0.2) is 13.1 Å². The lowest BCUT2D eigenvalue weighted by Gasteiger charge is -1.82.